The van der Waals surface area contributed by atoms with Gasteiger partial charge in [-0.2, -0.15) is 0 Å². The molecule has 3 aromatic rings. The summed E-state index contributed by atoms with van der Waals surface area (Å²) >= 11 is 8.88. The van der Waals surface area contributed by atoms with Crippen LogP contribution in [0.4, 0.5) is 0 Å². The third-order valence-electron chi connectivity index (χ3n) is 3.08. The van der Waals surface area contributed by atoms with E-state index in [0.717, 1.165) is 27.0 Å². The molecule has 21 heavy (non-hydrogen) atoms. The summed E-state index contributed by atoms with van der Waals surface area (Å²) in [5.41, 5.74) is 3.87. The first-order valence-corrected chi connectivity index (χ1v) is 7.63. The van der Waals surface area contributed by atoms with E-state index in [2.05, 4.69) is 30.9 Å². The zero-order valence-corrected chi connectivity index (χ0v) is 13.7. The number of hydrogen-bond acceptors (Lipinski definition) is 3. The maximum Gasteiger partial charge on any atom is 0.158 e. The van der Waals surface area contributed by atoms with Gasteiger partial charge in [-0.05, 0) is 46.1 Å². The summed E-state index contributed by atoms with van der Waals surface area (Å²) in [6.07, 6.45) is 1.77. The zero-order chi connectivity index (χ0) is 14.8. The van der Waals surface area contributed by atoms with Gasteiger partial charge in [0.25, 0.3) is 0 Å². The molecule has 2 heterocycles. The summed E-state index contributed by atoms with van der Waals surface area (Å²) in [4.78, 5) is 12.1. The average Bonchev–Trinajstić information content (AvgIpc) is 2.51. The molecule has 3 rings (SSSR count). The Kier molecular flexibility index (Phi) is 3.94. The van der Waals surface area contributed by atoms with E-state index in [1.54, 1.807) is 6.20 Å². The molecular weight excluding hydrogens is 346 g/mol. The molecule has 0 spiro atoms. The number of pyridine rings is 1. The van der Waals surface area contributed by atoms with Crippen molar-refractivity contribution in [2.75, 3.05) is 0 Å². The summed E-state index contributed by atoms with van der Waals surface area (Å²) in [6, 6.07) is 14.0. The standard InChI is InChI=1S/C16H12BrN3S/c1-10-7-8-18-12(9-10)15-19-14(13(17)16(21)20-15)11-5-3-2-4-6-11/h2-9H,1H3,(H,19,20,21). The number of aryl methyl sites for hydroxylation is 1. The lowest BCUT2D eigenvalue weighted by molar-refractivity contribution is 1.11. The normalized spacial score (nSPS) is 10.6. The van der Waals surface area contributed by atoms with Crippen molar-refractivity contribution in [3.63, 3.8) is 0 Å². The van der Waals surface area contributed by atoms with E-state index < -0.39 is 0 Å². The number of aromatic amines is 1. The summed E-state index contributed by atoms with van der Waals surface area (Å²) < 4.78 is 1.31. The van der Waals surface area contributed by atoms with Crippen LogP contribution in [0.2, 0.25) is 0 Å². The van der Waals surface area contributed by atoms with Crippen molar-refractivity contribution in [3.05, 3.63) is 63.3 Å². The van der Waals surface area contributed by atoms with Gasteiger partial charge >= 0.3 is 0 Å². The molecule has 1 aromatic carbocycles. The Morgan fingerprint density at radius 3 is 2.62 bits per heavy atom. The summed E-state index contributed by atoms with van der Waals surface area (Å²) in [6.45, 7) is 2.02. The molecule has 0 atom stereocenters. The second kappa shape index (κ2) is 5.87. The van der Waals surface area contributed by atoms with Gasteiger partial charge in [0, 0.05) is 6.20 Å². The Morgan fingerprint density at radius 1 is 1.14 bits per heavy atom. The highest BCUT2D eigenvalue weighted by atomic mass is 79.9. The van der Waals surface area contributed by atoms with Gasteiger partial charge < -0.3 is 4.98 Å². The zero-order valence-electron chi connectivity index (χ0n) is 11.3. The molecule has 5 heteroatoms. The molecule has 0 amide bonds. The number of halogens is 1. The number of nitrogens with zero attached hydrogens (tertiary/aromatic N) is 2. The van der Waals surface area contributed by atoms with Crippen LogP contribution < -0.4 is 0 Å². The topological polar surface area (TPSA) is 41.6 Å². The Balaban J connectivity index is 2.21. The van der Waals surface area contributed by atoms with E-state index >= 15 is 0 Å². The first kappa shape index (κ1) is 14.1. The van der Waals surface area contributed by atoms with Crippen LogP contribution in [-0.4, -0.2) is 15.0 Å². The van der Waals surface area contributed by atoms with E-state index in [1.165, 1.54) is 0 Å². The molecule has 0 aliphatic carbocycles. The highest BCUT2D eigenvalue weighted by Crippen LogP contribution is 2.28. The van der Waals surface area contributed by atoms with Gasteiger partial charge in [0.2, 0.25) is 0 Å². The molecule has 104 valence electrons. The number of rotatable bonds is 2. The van der Waals surface area contributed by atoms with Crippen molar-refractivity contribution in [1.82, 2.24) is 15.0 Å². The maximum absolute atomic E-state index is 5.36. The molecule has 0 unspecified atom stereocenters. The predicted molar refractivity (Wildman–Crippen MR) is 90.5 cm³/mol. The SMILES string of the molecule is Cc1ccnc(-c2nc(=S)c(Br)c(-c3ccccc3)[nH]2)c1. The van der Waals surface area contributed by atoms with Gasteiger partial charge in [-0.25, -0.2) is 4.98 Å². The van der Waals surface area contributed by atoms with Crippen LogP contribution in [0.15, 0.2) is 53.1 Å². The van der Waals surface area contributed by atoms with Gasteiger partial charge in [-0.15, -0.1) is 0 Å². The van der Waals surface area contributed by atoms with Gasteiger partial charge in [-0.1, -0.05) is 42.5 Å². The van der Waals surface area contributed by atoms with Crippen LogP contribution in [-0.2, 0) is 0 Å². The smallest absolute Gasteiger partial charge is 0.158 e. The minimum Gasteiger partial charge on any atom is -0.337 e. The lowest BCUT2D eigenvalue weighted by Crippen LogP contribution is -1.97. The first-order valence-electron chi connectivity index (χ1n) is 6.43. The van der Waals surface area contributed by atoms with E-state index in [4.69, 9.17) is 12.2 Å². The van der Waals surface area contributed by atoms with Gasteiger partial charge in [-0.3, -0.25) is 4.98 Å². The highest BCUT2D eigenvalue weighted by Gasteiger charge is 2.10. The summed E-state index contributed by atoms with van der Waals surface area (Å²) in [7, 11) is 0. The largest absolute Gasteiger partial charge is 0.337 e. The Labute approximate surface area is 136 Å². The third kappa shape index (κ3) is 2.94. The minimum absolute atomic E-state index is 0.519. The van der Waals surface area contributed by atoms with E-state index in [9.17, 15) is 0 Å². The Hall–Kier alpha value is -1.85. The fourth-order valence-corrected chi connectivity index (χ4v) is 2.66. The molecule has 0 aliphatic rings. The van der Waals surface area contributed by atoms with Crippen molar-refractivity contribution in [2.45, 2.75) is 6.92 Å². The molecule has 3 nitrogen and oxygen atoms in total. The lowest BCUT2D eigenvalue weighted by atomic mass is 10.1. The number of H-pyrrole nitrogens is 1. The van der Waals surface area contributed by atoms with E-state index in [-0.39, 0.29) is 0 Å². The monoisotopic (exact) mass is 357 g/mol. The van der Waals surface area contributed by atoms with Crippen molar-refractivity contribution < 1.29 is 0 Å². The molecule has 0 saturated carbocycles. The quantitative estimate of drug-likeness (QED) is 0.660. The van der Waals surface area contributed by atoms with Crippen molar-refractivity contribution in [3.8, 4) is 22.8 Å². The lowest BCUT2D eigenvalue weighted by Gasteiger charge is -2.09. The summed E-state index contributed by atoms with van der Waals surface area (Å²) in [5, 5.41) is 0. The summed E-state index contributed by atoms with van der Waals surface area (Å²) in [5.74, 6) is 0.672. The van der Waals surface area contributed by atoms with Crippen LogP contribution >= 0.6 is 28.1 Å². The number of nitrogens with one attached hydrogen (secondary N) is 1. The third-order valence-corrected chi connectivity index (χ3v) is 4.41. The Morgan fingerprint density at radius 2 is 1.90 bits per heavy atom. The van der Waals surface area contributed by atoms with Crippen LogP contribution in [0.3, 0.4) is 0 Å². The number of hydrogen-bond donors (Lipinski definition) is 1. The van der Waals surface area contributed by atoms with Crippen LogP contribution in [0.5, 0.6) is 0 Å². The molecule has 0 fully saturated rings. The molecule has 2 aromatic heterocycles. The van der Waals surface area contributed by atoms with Crippen molar-refractivity contribution >= 4 is 28.1 Å². The van der Waals surface area contributed by atoms with Crippen molar-refractivity contribution in [1.29, 1.82) is 0 Å². The molecular formula is C16H12BrN3S. The van der Waals surface area contributed by atoms with Gasteiger partial charge in [0.05, 0.1) is 10.2 Å². The van der Waals surface area contributed by atoms with Crippen LogP contribution in [0.25, 0.3) is 22.8 Å². The second-order valence-electron chi connectivity index (χ2n) is 4.66. The van der Waals surface area contributed by atoms with Gasteiger partial charge in [0.1, 0.15) is 10.3 Å². The number of aromatic nitrogens is 3. The van der Waals surface area contributed by atoms with E-state index in [1.807, 2.05) is 49.4 Å². The highest BCUT2D eigenvalue weighted by molar-refractivity contribution is 9.10. The minimum atomic E-state index is 0.519. The second-order valence-corrected chi connectivity index (χ2v) is 5.84. The number of benzene rings is 1. The molecule has 0 bridgehead atoms. The molecule has 0 aliphatic heterocycles. The first-order chi connectivity index (χ1) is 10.1. The molecule has 0 saturated heterocycles. The molecule has 0 radical (unpaired) electrons. The van der Waals surface area contributed by atoms with E-state index in [0.29, 0.717) is 10.5 Å². The predicted octanol–water partition coefficient (Wildman–Crippen LogP) is 4.94. The van der Waals surface area contributed by atoms with Crippen LogP contribution in [0, 0.1) is 11.6 Å². The molecule has 1 N–H and O–H groups in total. The fraction of sp³-hybridized carbons (Fsp3) is 0.0625. The average molecular weight is 358 g/mol. The van der Waals surface area contributed by atoms with Crippen molar-refractivity contribution in [2.24, 2.45) is 0 Å². The Bertz CT molecular complexity index is 844. The van der Waals surface area contributed by atoms with Crippen LogP contribution in [0.1, 0.15) is 5.56 Å². The maximum atomic E-state index is 5.36. The van der Waals surface area contributed by atoms with Gasteiger partial charge in [0.15, 0.2) is 5.82 Å². The fourth-order valence-electron chi connectivity index (χ4n) is 2.05.